The van der Waals surface area contributed by atoms with Crippen molar-refractivity contribution in [3.63, 3.8) is 0 Å². The van der Waals surface area contributed by atoms with Crippen LogP contribution >= 0.6 is 11.3 Å². The second kappa shape index (κ2) is 4.11. The van der Waals surface area contributed by atoms with Crippen LogP contribution in [0.15, 0.2) is 40.2 Å². The van der Waals surface area contributed by atoms with Crippen molar-refractivity contribution in [1.82, 2.24) is 4.98 Å². The molecule has 3 N–H and O–H groups in total. The van der Waals surface area contributed by atoms with Crippen molar-refractivity contribution in [2.75, 3.05) is 10.5 Å². The number of nitrogen functional groups attached to an aromatic ring is 1. The molecule has 0 aliphatic heterocycles. The summed E-state index contributed by atoms with van der Waals surface area (Å²) in [6, 6.07) is 4.70. The number of thiophene rings is 1. The molecule has 0 fully saturated rings. The van der Waals surface area contributed by atoms with Gasteiger partial charge in [-0.25, -0.2) is 8.42 Å². The van der Waals surface area contributed by atoms with Crippen LogP contribution in [0.25, 0.3) is 0 Å². The summed E-state index contributed by atoms with van der Waals surface area (Å²) >= 11 is 1.08. The number of anilines is 2. The molecule has 2 rings (SSSR count). The molecule has 2 aromatic heterocycles. The minimum atomic E-state index is -3.54. The second-order valence-corrected chi connectivity index (χ2v) is 5.87. The molecule has 0 atom stereocenters. The quantitative estimate of drug-likeness (QED) is 0.871. The number of aromatic nitrogens is 1. The second-order valence-electron chi connectivity index (χ2n) is 3.05. The molecule has 5 nitrogen and oxygen atoms in total. The number of pyridine rings is 1. The fourth-order valence-electron chi connectivity index (χ4n) is 1.10. The molecule has 0 unspecified atom stereocenters. The molecule has 0 bridgehead atoms. The van der Waals surface area contributed by atoms with Crippen molar-refractivity contribution in [1.29, 1.82) is 0 Å². The van der Waals surface area contributed by atoms with Gasteiger partial charge < -0.3 is 5.73 Å². The van der Waals surface area contributed by atoms with Crippen molar-refractivity contribution >= 4 is 32.7 Å². The van der Waals surface area contributed by atoms with Gasteiger partial charge in [0.05, 0.1) is 11.9 Å². The van der Waals surface area contributed by atoms with Crippen molar-refractivity contribution in [3.8, 4) is 0 Å². The van der Waals surface area contributed by atoms with E-state index in [1.54, 1.807) is 23.7 Å². The first-order valence-corrected chi connectivity index (χ1v) is 6.71. The smallest absolute Gasteiger partial charge is 0.271 e. The highest BCUT2D eigenvalue weighted by atomic mass is 32.2. The summed E-state index contributed by atoms with van der Waals surface area (Å²) < 4.78 is 26.3. The minimum absolute atomic E-state index is 0.189. The van der Waals surface area contributed by atoms with Crippen LogP contribution < -0.4 is 10.5 Å². The Morgan fingerprint density at radius 2 is 2.25 bits per heavy atom. The normalized spacial score (nSPS) is 11.2. The molecule has 0 amide bonds. The lowest BCUT2D eigenvalue weighted by atomic mass is 10.4. The van der Waals surface area contributed by atoms with Crippen LogP contribution in [0.1, 0.15) is 0 Å². The SMILES string of the molecule is Nc1csc(S(=O)(=O)Nc2cccnc2)c1. The Kier molecular flexibility index (Phi) is 2.80. The van der Waals surface area contributed by atoms with Gasteiger partial charge in [-0.3, -0.25) is 9.71 Å². The number of nitrogens with zero attached hydrogens (tertiary/aromatic N) is 1. The first kappa shape index (κ1) is 10.9. The lowest BCUT2D eigenvalue weighted by Gasteiger charge is -2.04. The van der Waals surface area contributed by atoms with Crippen LogP contribution in [-0.2, 0) is 10.0 Å². The van der Waals surface area contributed by atoms with E-state index in [1.807, 2.05) is 0 Å². The molecule has 2 aromatic rings. The summed E-state index contributed by atoms with van der Waals surface area (Å²) in [5.41, 5.74) is 6.34. The Morgan fingerprint density at radius 1 is 1.44 bits per heavy atom. The van der Waals surface area contributed by atoms with Gasteiger partial charge in [0.2, 0.25) is 0 Å². The maximum Gasteiger partial charge on any atom is 0.271 e. The third-order valence-electron chi connectivity index (χ3n) is 1.77. The summed E-state index contributed by atoms with van der Waals surface area (Å²) in [5.74, 6) is 0. The van der Waals surface area contributed by atoms with Crippen molar-refractivity contribution in [2.24, 2.45) is 0 Å². The van der Waals surface area contributed by atoms with E-state index in [1.165, 1.54) is 12.3 Å². The van der Waals surface area contributed by atoms with Gasteiger partial charge in [0.25, 0.3) is 10.0 Å². The summed E-state index contributed by atoms with van der Waals surface area (Å²) in [5, 5.41) is 1.58. The summed E-state index contributed by atoms with van der Waals surface area (Å²) in [6.45, 7) is 0. The van der Waals surface area contributed by atoms with E-state index < -0.39 is 10.0 Å². The van der Waals surface area contributed by atoms with Crippen molar-refractivity contribution in [3.05, 3.63) is 36.0 Å². The molecule has 0 spiro atoms. The number of hydrogen-bond acceptors (Lipinski definition) is 5. The first-order valence-electron chi connectivity index (χ1n) is 4.35. The van der Waals surface area contributed by atoms with Gasteiger partial charge in [-0.2, -0.15) is 0 Å². The minimum Gasteiger partial charge on any atom is -0.398 e. The number of nitrogens with two attached hydrogens (primary N) is 1. The van der Waals surface area contributed by atoms with Crippen LogP contribution in [0.3, 0.4) is 0 Å². The van der Waals surface area contributed by atoms with Crippen molar-refractivity contribution < 1.29 is 8.42 Å². The van der Waals surface area contributed by atoms with Gasteiger partial charge in [-0.1, -0.05) is 0 Å². The molecule has 0 aliphatic rings. The lowest BCUT2D eigenvalue weighted by molar-refractivity contribution is 0.603. The van der Waals surface area contributed by atoms with Crippen LogP contribution in [0.2, 0.25) is 0 Å². The van der Waals surface area contributed by atoms with E-state index in [0.29, 0.717) is 11.4 Å². The Bertz CT molecular complexity index is 578. The molecule has 7 heteroatoms. The van der Waals surface area contributed by atoms with Crippen LogP contribution in [0.5, 0.6) is 0 Å². The molecule has 0 saturated heterocycles. The Balaban J connectivity index is 2.28. The third-order valence-corrected chi connectivity index (χ3v) is 4.61. The number of hydrogen-bond donors (Lipinski definition) is 2. The molecule has 0 saturated carbocycles. The molecule has 0 aliphatic carbocycles. The highest BCUT2D eigenvalue weighted by molar-refractivity contribution is 7.94. The number of rotatable bonds is 3. The monoisotopic (exact) mass is 255 g/mol. The summed E-state index contributed by atoms with van der Waals surface area (Å²) in [7, 11) is -3.54. The van der Waals surface area contributed by atoms with Crippen LogP contribution in [0, 0.1) is 0 Å². The van der Waals surface area contributed by atoms with Crippen molar-refractivity contribution in [2.45, 2.75) is 4.21 Å². The molecular formula is C9H9N3O2S2. The van der Waals surface area contributed by atoms with E-state index in [2.05, 4.69) is 9.71 Å². The zero-order valence-corrected chi connectivity index (χ0v) is 9.75. The highest BCUT2D eigenvalue weighted by Gasteiger charge is 2.16. The van der Waals surface area contributed by atoms with E-state index >= 15 is 0 Å². The number of nitrogens with one attached hydrogen (secondary N) is 1. The van der Waals surface area contributed by atoms with Crippen LogP contribution in [0.4, 0.5) is 11.4 Å². The first-order chi connectivity index (χ1) is 7.58. The van der Waals surface area contributed by atoms with Crippen LogP contribution in [-0.4, -0.2) is 13.4 Å². The summed E-state index contributed by atoms with van der Waals surface area (Å²) in [6.07, 6.45) is 3.01. The average Bonchev–Trinajstić information content (AvgIpc) is 2.66. The molecule has 84 valence electrons. The third kappa shape index (κ3) is 2.31. The molecular weight excluding hydrogens is 246 g/mol. The van der Waals surface area contributed by atoms with Gasteiger partial charge in [0, 0.05) is 17.3 Å². The number of sulfonamides is 1. The topological polar surface area (TPSA) is 85.1 Å². The lowest BCUT2D eigenvalue weighted by Crippen LogP contribution is -2.11. The standard InChI is InChI=1S/C9H9N3O2S2/c10-7-4-9(15-6-7)16(13,14)12-8-2-1-3-11-5-8/h1-6,12H,10H2. The zero-order chi connectivity index (χ0) is 11.6. The van der Waals surface area contributed by atoms with Gasteiger partial charge in [-0.05, 0) is 18.2 Å². The van der Waals surface area contributed by atoms with Gasteiger partial charge in [0.1, 0.15) is 4.21 Å². The molecule has 0 radical (unpaired) electrons. The predicted molar refractivity (Wildman–Crippen MR) is 63.8 cm³/mol. The highest BCUT2D eigenvalue weighted by Crippen LogP contribution is 2.23. The molecule has 0 aromatic carbocycles. The van der Waals surface area contributed by atoms with E-state index in [4.69, 9.17) is 5.73 Å². The van der Waals surface area contributed by atoms with Gasteiger partial charge >= 0.3 is 0 Å². The van der Waals surface area contributed by atoms with Gasteiger partial charge in [0.15, 0.2) is 0 Å². The zero-order valence-electron chi connectivity index (χ0n) is 8.12. The van der Waals surface area contributed by atoms with E-state index in [9.17, 15) is 8.42 Å². The molecule has 2 heterocycles. The Labute approximate surface area is 97.0 Å². The maximum absolute atomic E-state index is 11.8. The molecule has 16 heavy (non-hydrogen) atoms. The van der Waals surface area contributed by atoms with E-state index in [-0.39, 0.29) is 4.21 Å². The van der Waals surface area contributed by atoms with Gasteiger partial charge in [-0.15, -0.1) is 11.3 Å². The summed E-state index contributed by atoms with van der Waals surface area (Å²) in [4.78, 5) is 3.82. The fraction of sp³-hybridized carbons (Fsp3) is 0. The Hall–Kier alpha value is -1.60. The average molecular weight is 255 g/mol. The predicted octanol–water partition coefficient (Wildman–Crippen LogP) is 1.53. The van der Waals surface area contributed by atoms with E-state index in [0.717, 1.165) is 11.3 Å². The maximum atomic E-state index is 11.8. The fourth-order valence-corrected chi connectivity index (χ4v) is 3.22. The Morgan fingerprint density at radius 3 is 2.81 bits per heavy atom. The largest absolute Gasteiger partial charge is 0.398 e.